The highest BCUT2D eigenvalue weighted by molar-refractivity contribution is 5.85. The molecule has 1 aromatic heterocycles. The van der Waals surface area contributed by atoms with Crippen LogP contribution in [0.3, 0.4) is 0 Å². The van der Waals surface area contributed by atoms with Crippen LogP contribution in [0.5, 0.6) is 0 Å². The Morgan fingerprint density at radius 3 is 2.63 bits per heavy atom. The van der Waals surface area contributed by atoms with E-state index >= 15 is 0 Å². The molecule has 3 heterocycles. The molecule has 0 saturated carbocycles. The van der Waals surface area contributed by atoms with E-state index in [2.05, 4.69) is 15.2 Å². The summed E-state index contributed by atoms with van der Waals surface area (Å²) in [6.45, 7) is 8.16. The van der Waals surface area contributed by atoms with Crippen molar-refractivity contribution in [2.75, 3.05) is 40.3 Å². The first kappa shape index (κ1) is 20.2. The number of β-amino-alcohol motifs (C(OH)–C–C–N with tert-alkyl or cyclic N) is 1. The summed E-state index contributed by atoms with van der Waals surface area (Å²) in [6.07, 6.45) is 6.31. The smallest absolute Gasteiger partial charge is 0.242 e. The lowest BCUT2D eigenvalue weighted by atomic mass is 10.0. The monoisotopic (exact) mass is 378 g/mol. The van der Waals surface area contributed by atoms with Crippen molar-refractivity contribution in [1.29, 1.82) is 0 Å². The average Bonchev–Trinajstić information content (AvgIpc) is 3.21. The predicted molar refractivity (Wildman–Crippen MR) is 103 cm³/mol. The molecule has 2 fully saturated rings. The Morgan fingerprint density at radius 2 is 1.96 bits per heavy atom. The van der Waals surface area contributed by atoms with Gasteiger partial charge in [0.15, 0.2) is 0 Å². The first-order valence-electron chi connectivity index (χ1n) is 10.0. The minimum absolute atomic E-state index is 0.0489. The molecule has 1 atom stereocenters. The molecule has 2 aliphatic heterocycles. The fourth-order valence-corrected chi connectivity index (χ4v) is 3.87. The number of nitrogens with zero attached hydrogens (tertiary/aromatic N) is 6. The van der Waals surface area contributed by atoms with Crippen LogP contribution in [0, 0.1) is 0 Å². The zero-order chi connectivity index (χ0) is 19.7. The molecule has 0 radical (unpaired) electrons. The van der Waals surface area contributed by atoms with E-state index in [9.17, 15) is 9.90 Å². The molecule has 1 aromatic rings. The van der Waals surface area contributed by atoms with Gasteiger partial charge in [-0.25, -0.2) is 4.68 Å². The van der Waals surface area contributed by atoms with Gasteiger partial charge >= 0.3 is 0 Å². The zero-order valence-electron chi connectivity index (χ0n) is 17.2. The fraction of sp³-hybridized carbons (Fsp3) is 0.842. The number of hydrogen-bond donors (Lipinski definition) is 1. The van der Waals surface area contributed by atoms with Gasteiger partial charge in [0.25, 0.3) is 0 Å². The number of aliphatic hydroxyl groups is 1. The lowest BCUT2D eigenvalue weighted by molar-refractivity contribution is -0.141. The maximum absolute atomic E-state index is 12.8. The second kappa shape index (κ2) is 7.85. The summed E-state index contributed by atoms with van der Waals surface area (Å²) in [5, 5.41) is 19.5. The lowest BCUT2D eigenvalue weighted by Gasteiger charge is -2.35. The molecule has 8 nitrogen and oxygen atoms in total. The molecule has 1 unspecified atom stereocenters. The molecule has 3 rings (SSSR count). The van der Waals surface area contributed by atoms with Crippen molar-refractivity contribution < 1.29 is 9.90 Å². The maximum atomic E-state index is 12.8. The van der Waals surface area contributed by atoms with Gasteiger partial charge in [-0.3, -0.25) is 14.6 Å². The Morgan fingerprint density at radius 1 is 1.26 bits per heavy atom. The van der Waals surface area contributed by atoms with E-state index in [-0.39, 0.29) is 5.91 Å². The molecule has 2 saturated heterocycles. The van der Waals surface area contributed by atoms with Crippen molar-refractivity contribution in [2.24, 2.45) is 0 Å². The standard InChI is InChI=1S/C19H34N6O2/c1-18(2,22(3)4)17(26)24-11-8-19(27,14-24)15-25-13-16(20-21-25)12-23-9-6-5-7-10-23/h13,27H,5-12,14-15H2,1-4H3. The van der Waals surface area contributed by atoms with Crippen LogP contribution in [0.1, 0.15) is 45.2 Å². The second-order valence-corrected chi connectivity index (χ2v) is 8.90. The van der Waals surface area contributed by atoms with Gasteiger partial charge in [-0.05, 0) is 60.3 Å². The van der Waals surface area contributed by atoms with Crippen molar-refractivity contribution >= 4 is 5.91 Å². The van der Waals surface area contributed by atoms with Gasteiger partial charge in [0.2, 0.25) is 5.91 Å². The first-order valence-corrected chi connectivity index (χ1v) is 10.0. The van der Waals surface area contributed by atoms with Crippen molar-refractivity contribution in [3.63, 3.8) is 0 Å². The van der Waals surface area contributed by atoms with E-state index < -0.39 is 11.1 Å². The molecule has 27 heavy (non-hydrogen) atoms. The number of hydrogen-bond acceptors (Lipinski definition) is 6. The van der Waals surface area contributed by atoms with E-state index in [1.807, 2.05) is 39.0 Å². The van der Waals surface area contributed by atoms with E-state index in [1.54, 1.807) is 9.58 Å². The highest BCUT2D eigenvalue weighted by atomic mass is 16.3. The van der Waals surface area contributed by atoms with Crippen LogP contribution < -0.4 is 0 Å². The highest BCUT2D eigenvalue weighted by Gasteiger charge is 2.43. The number of rotatable bonds is 6. The number of carbonyl (C=O) groups is 1. The molecule has 0 spiro atoms. The minimum atomic E-state index is -0.950. The third kappa shape index (κ3) is 4.67. The van der Waals surface area contributed by atoms with Crippen LogP contribution in [-0.4, -0.2) is 92.1 Å². The highest BCUT2D eigenvalue weighted by Crippen LogP contribution is 2.26. The van der Waals surface area contributed by atoms with Crippen LogP contribution in [0.25, 0.3) is 0 Å². The van der Waals surface area contributed by atoms with Gasteiger partial charge in [0, 0.05) is 19.3 Å². The van der Waals surface area contributed by atoms with Gasteiger partial charge in [-0.15, -0.1) is 5.10 Å². The van der Waals surface area contributed by atoms with E-state index in [4.69, 9.17) is 0 Å². The average molecular weight is 379 g/mol. The normalized spacial score (nSPS) is 24.7. The van der Waals surface area contributed by atoms with Crippen molar-refractivity contribution in [1.82, 2.24) is 29.7 Å². The molecule has 0 aromatic carbocycles. The maximum Gasteiger partial charge on any atom is 0.242 e. The van der Waals surface area contributed by atoms with Crippen LogP contribution >= 0.6 is 0 Å². The van der Waals surface area contributed by atoms with E-state index in [1.165, 1.54) is 19.3 Å². The topological polar surface area (TPSA) is 77.7 Å². The molecule has 0 bridgehead atoms. The third-order valence-corrected chi connectivity index (χ3v) is 6.14. The van der Waals surface area contributed by atoms with Gasteiger partial charge in [0.05, 0.1) is 24.3 Å². The van der Waals surface area contributed by atoms with Gasteiger partial charge in [-0.1, -0.05) is 11.6 Å². The summed E-state index contributed by atoms with van der Waals surface area (Å²) >= 11 is 0. The quantitative estimate of drug-likeness (QED) is 0.780. The van der Waals surface area contributed by atoms with Gasteiger partial charge in [0.1, 0.15) is 5.60 Å². The van der Waals surface area contributed by atoms with Crippen LogP contribution in [0.4, 0.5) is 0 Å². The summed E-state index contributed by atoms with van der Waals surface area (Å²) in [5.74, 6) is 0.0489. The number of piperidine rings is 1. The van der Waals surface area contributed by atoms with E-state index in [0.717, 1.165) is 25.3 Å². The van der Waals surface area contributed by atoms with Crippen LogP contribution in [0.2, 0.25) is 0 Å². The van der Waals surface area contributed by atoms with Gasteiger partial charge < -0.3 is 10.0 Å². The largest absolute Gasteiger partial charge is 0.386 e. The second-order valence-electron chi connectivity index (χ2n) is 8.90. The number of amides is 1. The number of likely N-dealkylation sites (N-methyl/N-ethyl adjacent to an activating group) is 1. The molecule has 1 amide bonds. The molecule has 2 aliphatic rings. The van der Waals surface area contributed by atoms with Crippen molar-refractivity contribution in [3.05, 3.63) is 11.9 Å². The lowest BCUT2D eigenvalue weighted by Crippen LogP contribution is -2.53. The molecule has 152 valence electrons. The summed E-state index contributed by atoms with van der Waals surface area (Å²) in [5.41, 5.74) is -0.589. The summed E-state index contributed by atoms with van der Waals surface area (Å²) in [7, 11) is 3.80. The number of likely N-dealkylation sites (tertiary alicyclic amines) is 2. The summed E-state index contributed by atoms with van der Waals surface area (Å²) < 4.78 is 1.73. The van der Waals surface area contributed by atoms with Gasteiger partial charge in [-0.2, -0.15) is 0 Å². The Kier molecular flexibility index (Phi) is 5.88. The molecular weight excluding hydrogens is 344 g/mol. The Bertz CT molecular complexity index is 652. The van der Waals surface area contributed by atoms with Crippen molar-refractivity contribution in [3.8, 4) is 0 Å². The molecule has 8 heteroatoms. The van der Waals surface area contributed by atoms with E-state index in [0.29, 0.717) is 26.1 Å². The van der Waals surface area contributed by atoms with Crippen LogP contribution in [-0.2, 0) is 17.9 Å². The predicted octanol–water partition coefficient (Wildman–Crippen LogP) is 0.568. The minimum Gasteiger partial charge on any atom is -0.386 e. The Balaban J connectivity index is 1.57. The summed E-state index contributed by atoms with van der Waals surface area (Å²) in [4.78, 5) is 18.9. The summed E-state index contributed by atoms with van der Waals surface area (Å²) in [6, 6.07) is 0. The van der Waals surface area contributed by atoms with Crippen LogP contribution in [0.15, 0.2) is 6.20 Å². The number of aromatic nitrogens is 3. The first-order chi connectivity index (χ1) is 12.7. The van der Waals surface area contributed by atoms with Crippen molar-refractivity contribution in [2.45, 2.75) is 63.8 Å². The fourth-order valence-electron chi connectivity index (χ4n) is 3.87. The number of carbonyl (C=O) groups excluding carboxylic acids is 1. The molecule has 0 aliphatic carbocycles. The molecule has 1 N–H and O–H groups in total. The SMILES string of the molecule is CN(C)C(C)(C)C(=O)N1CCC(O)(Cn2cc(CN3CCCCC3)nn2)C1. The Hall–Kier alpha value is -1.51. The Labute approximate surface area is 162 Å². The molecular formula is C19H34N6O2. The zero-order valence-corrected chi connectivity index (χ0v) is 17.2. The third-order valence-electron chi connectivity index (χ3n) is 6.14.